The topological polar surface area (TPSA) is 66.5 Å². The molecule has 0 saturated heterocycles. The Bertz CT molecular complexity index is 818. The van der Waals surface area contributed by atoms with Gasteiger partial charge in [0.1, 0.15) is 0 Å². The van der Waals surface area contributed by atoms with Crippen molar-refractivity contribution in [2.75, 3.05) is 10.8 Å². The van der Waals surface area contributed by atoms with Gasteiger partial charge in [0, 0.05) is 18.2 Å². The Labute approximate surface area is 156 Å². The van der Waals surface area contributed by atoms with Crippen molar-refractivity contribution < 1.29 is 13.2 Å². The van der Waals surface area contributed by atoms with E-state index < -0.39 is 10.0 Å². The molecule has 0 saturated carbocycles. The Kier molecular flexibility index (Phi) is 6.80. The van der Waals surface area contributed by atoms with Crippen LogP contribution in [0, 0.1) is 0 Å². The molecule has 2 aromatic rings. The summed E-state index contributed by atoms with van der Waals surface area (Å²) in [6.07, 6.45) is 1.92. The number of benzene rings is 2. The predicted molar refractivity (Wildman–Crippen MR) is 105 cm³/mol. The van der Waals surface area contributed by atoms with E-state index in [1.807, 2.05) is 6.92 Å². The third-order valence-electron chi connectivity index (χ3n) is 4.14. The van der Waals surface area contributed by atoms with E-state index in [4.69, 9.17) is 0 Å². The molecule has 1 atom stereocenters. The molecule has 5 nitrogen and oxygen atoms in total. The van der Waals surface area contributed by atoms with Crippen LogP contribution in [-0.2, 0) is 10.0 Å². The van der Waals surface area contributed by atoms with Crippen LogP contribution in [0.4, 0.5) is 5.69 Å². The third kappa shape index (κ3) is 4.64. The lowest BCUT2D eigenvalue weighted by Gasteiger charge is -2.23. The molecule has 2 aromatic carbocycles. The maximum absolute atomic E-state index is 12.8. The number of carbonyl (C=O) groups excluding carboxylic acids is 1. The number of nitrogens with one attached hydrogen (secondary N) is 1. The normalized spacial score (nSPS) is 12.4. The van der Waals surface area contributed by atoms with Gasteiger partial charge in [-0.05, 0) is 56.7 Å². The number of anilines is 1. The van der Waals surface area contributed by atoms with Crippen molar-refractivity contribution in [3.05, 3.63) is 60.2 Å². The maximum atomic E-state index is 12.8. The summed E-state index contributed by atoms with van der Waals surface area (Å²) < 4.78 is 27.0. The van der Waals surface area contributed by atoms with Crippen LogP contribution >= 0.6 is 0 Å². The van der Waals surface area contributed by atoms with Gasteiger partial charge >= 0.3 is 0 Å². The van der Waals surface area contributed by atoms with Crippen LogP contribution in [-0.4, -0.2) is 26.9 Å². The summed E-state index contributed by atoms with van der Waals surface area (Å²) in [6.45, 7) is 6.13. The van der Waals surface area contributed by atoms with Gasteiger partial charge in [-0.3, -0.25) is 9.10 Å². The third-order valence-corrected chi connectivity index (χ3v) is 6.05. The van der Waals surface area contributed by atoms with Gasteiger partial charge in [-0.25, -0.2) is 8.42 Å². The summed E-state index contributed by atoms with van der Waals surface area (Å²) >= 11 is 0. The minimum Gasteiger partial charge on any atom is -0.350 e. The van der Waals surface area contributed by atoms with Crippen LogP contribution in [0.5, 0.6) is 0 Å². The van der Waals surface area contributed by atoms with Crippen LogP contribution in [0.25, 0.3) is 0 Å². The Hall–Kier alpha value is -2.34. The fraction of sp³-hybridized carbons (Fsp3) is 0.350. The van der Waals surface area contributed by atoms with E-state index in [2.05, 4.69) is 12.2 Å². The summed E-state index contributed by atoms with van der Waals surface area (Å²) in [4.78, 5) is 12.5. The Morgan fingerprint density at radius 1 is 1.04 bits per heavy atom. The molecule has 0 unspecified atom stereocenters. The maximum Gasteiger partial charge on any atom is 0.264 e. The van der Waals surface area contributed by atoms with Crippen LogP contribution < -0.4 is 9.62 Å². The van der Waals surface area contributed by atoms with Crippen molar-refractivity contribution in [1.82, 2.24) is 5.32 Å². The molecule has 1 N–H and O–H groups in total. The van der Waals surface area contributed by atoms with Gasteiger partial charge < -0.3 is 5.32 Å². The van der Waals surface area contributed by atoms with Gasteiger partial charge in [-0.1, -0.05) is 31.5 Å². The lowest BCUT2D eigenvalue weighted by molar-refractivity contribution is 0.0938. The molecule has 0 aliphatic heterocycles. The van der Waals surface area contributed by atoms with E-state index in [0.29, 0.717) is 17.8 Å². The predicted octanol–water partition coefficient (Wildman–Crippen LogP) is 3.82. The highest BCUT2D eigenvalue weighted by atomic mass is 32.2. The number of hydrogen-bond donors (Lipinski definition) is 1. The van der Waals surface area contributed by atoms with Gasteiger partial charge in [0.05, 0.1) is 10.6 Å². The first-order chi connectivity index (χ1) is 12.4. The minimum atomic E-state index is -3.63. The number of sulfonamides is 1. The minimum absolute atomic E-state index is 0.109. The number of amides is 1. The van der Waals surface area contributed by atoms with Crippen LogP contribution in [0.1, 0.15) is 44.0 Å². The van der Waals surface area contributed by atoms with Gasteiger partial charge in [0.25, 0.3) is 15.9 Å². The van der Waals surface area contributed by atoms with E-state index in [-0.39, 0.29) is 16.8 Å². The first-order valence-electron chi connectivity index (χ1n) is 8.88. The molecule has 1 amide bonds. The molecule has 140 valence electrons. The molecular weight excluding hydrogens is 348 g/mol. The lowest BCUT2D eigenvalue weighted by Crippen LogP contribution is -2.32. The fourth-order valence-electron chi connectivity index (χ4n) is 2.80. The number of hydrogen-bond acceptors (Lipinski definition) is 3. The summed E-state index contributed by atoms with van der Waals surface area (Å²) in [6, 6.07) is 15.1. The van der Waals surface area contributed by atoms with Crippen molar-refractivity contribution in [2.45, 2.75) is 44.6 Å². The van der Waals surface area contributed by atoms with Crippen molar-refractivity contribution in [3.63, 3.8) is 0 Å². The molecule has 0 aromatic heterocycles. The van der Waals surface area contributed by atoms with Gasteiger partial charge in [0.2, 0.25) is 0 Å². The molecule has 26 heavy (non-hydrogen) atoms. The van der Waals surface area contributed by atoms with E-state index in [0.717, 1.165) is 12.8 Å². The smallest absolute Gasteiger partial charge is 0.264 e. The zero-order chi connectivity index (χ0) is 19.2. The van der Waals surface area contributed by atoms with Gasteiger partial charge in [-0.15, -0.1) is 0 Å². The molecule has 6 heteroatoms. The monoisotopic (exact) mass is 374 g/mol. The quantitative estimate of drug-likeness (QED) is 0.764. The highest BCUT2D eigenvalue weighted by molar-refractivity contribution is 7.92. The second-order valence-corrected chi connectivity index (χ2v) is 8.06. The van der Waals surface area contributed by atoms with E-state index in [1.54, 1.807) is 61.5 Å². The molecule has 0 fully saturated rings. The second kappa shape index (κ2) is 8.85. The standard InChI is InChI=1S/C20H26N2O3S/c1-4-9-16(3)21-20(23)17-12-14-18(15-13-17)22(5-2)26(24,25)19-10-7-6-8-11-19/h6-8,10-16H,4-5,9H2,1-3H3,(H,21,23)/t16-/m0/s1. The number of nitrogens with zero attached hydrogens (tertiary/aromatic N) is 1. The molecule has 0 aliphatic rings. The number of carbonyl (C=O) groups is 1. The highest BCUT2D eigenvalue weighted by Crippen LogP contribution is 2.23. The Morgan fingerprint density at radius 3 is 2.19 bits per heavy atom. The first kappa shape index (κ1) is 20.0. The van der Waals surface area contributed by atoms with E-state index in [1.165, 1.54) is 4.31 Å². The molecule has 0 radical (unpaired) electrons. The summed E-state index contributed by atoms with van der Waals surface area (Å²) in [5, 5.41) is 2.95. The van der Waals surface area contributed by atoms with E-state index in [9.17, 15) is 13.2 Å². The van der Waals surface area contributed by atoms with Crippen molar-refractivity contribution in [3.8, 4) is 0 Å². The largest absolute Gasteiger partial charge is 0.350 e. The highest BCUT2D eigenvalue weighted by Gasteiger charge is 2.23. The van der Waals surface area contributed by atoms with Crippen molar-refractivity contribution in [1.29, 1.82) is 0 Å². The zero-order valence-corrected chi connectivity index (χ0v) is 16.3. The summed E-state index contributed by atoms with van der Waals surface area (Å²) in [7, 11) is -3.63. The average Bonchev–Trinajstić information content (AvgIpc) is 2.63. The Balaban J connectivity index is 2.21. The fourth-order valence-corrected chi connectivity index (χ4v) is 4.30. The van der Waals surface area contributed by atoms with Crippen LogP contribution in [0.15, 0.2) is 59.5 Å². The molecule has 0 aliphatic carbocycles. The van der Waals surface area contributed by atoms with Crippen molar-refractivity contribution in [2.24, 2.45) is 0 Å². The molecule has 2 rings (SSSR count). The summed E-state index contributed by atoms with van der Waals surface area (Å²) in [5.74, 6) is -0.147. The van der Waals surface area contributed by atoms with Crippen molar-refractivity contribution >= 4 is 21.6 Å². The SMILES string of the molecule is CCC[C@H](C)NC(=O)c1ccc(N(CC)S(=O)(=O)c2ccccc2)cc1. The Morgan fingerprint density at radius 2 is 1.65 bits per heavy atom. The number of rotatable bonds is 8. The lowest BCUT2D eigenvalue weighted by atomic mass is 10.1. The second-order valence-electron chi connectivity index (χ2n) is 6.19. The van der Waals surface area contributed by atoms with Crippen LogP contribution in [0.2, 0.25) is 0 Å². The first-order valence-corrected chi connectivity index (χ1v) is 10.3. The molecule has 0 bridgehead atoms. The summed E-state index contributed by atoms with van der Waals surface area (Å²) in [5.41, 5.74) is 1.05. The van der Waals surface area contributed by atoms with Gasteiger partial charge in [0.15, 0.2) is 0 Å². The van der Waals surface area contributed by atoms with Crippen LogP contribution in [0.3, 0.4) is 0 Å². The molecular formula is C20H26N2O3S. The zero-order valence-electron chi connectivity index (χ0n) is 15.5. The van der Waals surface area contributed by atoms with E-state index >= 15 is 0 Å². The molecule has 0 heterocycles. The van der Waals surface area contributed by atoms with Gasteiger partial charge in [-0.2, -0.15) is 0 Å². The average molecular weight is 375 g/mol. The molecule has 0 spiro atoms.